The van der Waals surface area contributed by atoms with Gasteiger partial charge in [-0.25, -0.2) is 0 Å². The second-order valence-electron chi connectivity index (χ2n) is 6.28. The number of carbonyl (C=O) groups is 1. The van der Waals surface area contributed by atoms with Crippen LogP contribution < -0.4 is 0 Å². The highest BCUT2D eigenvalue weighted by atomic mass is 35.5. The number of benzene rings is 2. The van der Waals surface area contributed by atoms with Gasteiger partial charge in [0.1, 0.15) is 0 Å². The minimum absolute atomic E-state index is 0.193. The van der Waals surface area contributed by atoms with Crippen molar-refractivity contribution in [2.45, 2.75) is 13.0 Å². The lowest BCUT2D eigenvalue weighted by Crippen LogP contribution is -2.46. The first kappa shape index (κ1) is 17.2. The number of hydrogen-bond donors (Lipinski definition) is 0. The summed E-state index contributed by atoms with van der Waals surface area (Å²) >= 11 is 5.86. The van der Waals surface area contributed by atoms with Crippen molar-refractivity contribution in [2.75, 3.05) is 32.7 Å². The summed E-state index contributed by atoms with van der Waals surface area (Å²) in [5, 5.41) is 0.668. The lowest BCUT2D eigenvalue weighted by molar-refractivity contribution is 0.0922. The van der Waals surface area contributed by atoms with Crippen LogP contribution >= 0.6 is 11.6 Å². The fraction of sp³-hybridized carbons (Fsp3) is 0.350. The molecule has 1 aliphatic heterocycles. The highest BCUT2D eigenvalue weighted by Gasteiger charge is 2.17. The Labute approximate surface area is 148 Å². The monoisotopic (exact) mass is 342 g/mol. The molecule has 0 radical (unpaired) electrons. The number of hydrogen-bond acceptors (Lipinski definition) is 3. The largest absolute Gasteiger partial charge is 0.300 e. The molecule has 1 heterocycles. The lowest BCUT2D eigenvalue weighted by atomic mass is 10.1. The quantitative estimate of drug-likeness (QED) is 0.747. The molecule has 4 heteroatoms. The van der Waals surface area contributed by atoms with Crippen molar-refractivity contribution in [1.29, 1.82) is 0 Å². The predicted octanol–water partition coefficient (Wildman–Crippen LogP) is 3.73. The molecule has 1 saturated heterocycles. The van der Waals surface area contributed by atoms with E-state index < -0.39 is 0 Å². The van der Waals surface area contributed by atoms with E-state index >= 15 is 0 Å². The first-order valence-electron chi connectivity index (χ1n) is 8.48. The molecular weight excluding hydrogens is 320 g/mol. The van der Waals surface area contributed by atoms with Gasteiger partial charge in [0.2, 0.25) is 0 Å². The average Bonchev–Trinajstić information content (AvgIpc) is 2.62. The Morgan fingerprint density at radius 3 is 2.17 bits per heavy atom. The van der Waals surface area contributed by atoms with Crippen molar-refractivity contribution < 1.29 is 4.79 Å². The van der Waals surface area contributed by atoms with Crippen LogP contribution in [0.15, 0.2) is 54.6 Å². The molecule has 0 aliphatic carbocycles. The van der Waals surface area contributed by atoms with E-state index in [1.54, 1.807) is 12.1 Å². The van der Waals surface area contributed by atoms with Crippen LogP contribution in [0.25, 0.3) is 0 Å². The van der Waals surface area contributed by atoms with Gasteiger partial charge in [0.25, 0.3) is 0 Å². The van der Waals surface area contributed by atoms with Crippen molar-refractivity contribution in [3.63, 3.8) is 0 Å². The van der Waals surface area contributed by atoms with E-state index in [-0.39, 0.29) is 5.78 Å². The van der Waals surface area contributed by atoms with E-state index in [0.717, 1.165) is 44.8 Å². The minimum atomic E-state index is 0.193. The van der Waals surface area contributed by atoms with E-state index in [1.165, 1.54) is 5.56 Å². The molecule has 24 heavy (non-hydrogen) atoms. The first-order valence-corrected chi connectivity index (χ1v) is 8.86. The van der Waals surface area contributed by atoms with E-state index in [1.807, 2.05) is 12.1 Å². The smallest absolute Gasteiger partial charge is 0.164 e. The summed E-state index contributed by atoms with van der Waals surface area (Å²) < 4.78 is 0. The van der Waals surface area contributed by atoms with Crippen LogP contribution in [0.3, 0.4) is 0 Å². The number of rotatable bonds is 6. The second kappa shape index (κ2) is 8.43. The molecule has 0 saturated carbocycles. The SMILES string of the molecule is O=C(CCN1CCN(Cc2ccccc2)CC1)c1ccc(Cl)cc1. The molecule has 0 unspecified atom stereocenters. The molecule has 0 atom stereocenters. The van der Waals surface area contributed by atoms with Gasteiger partial charge in [-0.3, -0.25) is 9.69 Å². The van der Waals surface area contributed by atoms with Crippen molar-refractivity contribution in [3.05, 3.63) is 70.7 Å². The van der Waals surface area contributed by atoms with E-state index in [4.69, 9.17) is 11.6 Å². The summed E-state index contributed by atoms with van der Waals surface area (Å²) in [5.74, 6) is 0.193. The maximum Gasteiger partial charge on any atom is 0.164 e. The fourth-order valence-electron chi connectivity index (χ4n) is 3.05. The van der Waals surface area contributed by atoms with Crippen LogP contribution in [0, 0.1) is 0 Å². The standard InChI is InChI=1S/C20H23ClN2O/c21-19-8-6-18(7-9-19)20(24)10-11-22-12-14-23(15-13-22)16-17-4-2-1-3-5-17/h1-9H,10-16H2. The van der Waals surface area contributed by atoms with Crippen LogP contribution in [-0.4, -0.2) is 48.3 Å². The average molecular weight is 343 g/mol. The van der Waals surface area contributed by atoms with Gasteiger partial charge in [0, 0.05) is 56.3 Å². The summed E-state index contributed by atoms with van der Waals surface area (Å²) in [6.45, 7) is 6.02. The highest BCUT2D eigenvalue weighted by molar-refractivity contribution is 6.30. The summed E-state index contributed by atoms with van der Waals surface area (Å²) in [6.07, 6.45) is 0.570. The molecule has 1 aliphatic rings. The zero-order valence-corrected chi connectivity index (χ0v) is 14.6. The normalized spacial score (nSPS) is 16.2. The molecule has 3 rings (SSSR count). The Kier molecular flexibility index (Phi) is 6.02. The van der Waals surface area contributed by atoms with Crippen LogP contribution in [0.5, 0.6) is 0 Å². The lowest BCUT2D eigenvalue weighted by Gasteiger charge is -2.34. The third kappa shape index (κ3) is 4.91. The Morgan fingerprint density at radius 1 is 0.875 bits per heavy atom. The summed E-state index contributed by atoms with van der Waals surface area (Å²) in [7, 11) is 0. The minimum Gasteiger partial charge on any atom is -0.300 e. The molecule has 3 nitrogen and oxygen atoms in total. The van der Waals surface area contributed by atoms with E-state index in [9.17, 15) is 4.79 Å². The van der Waals surface area contributed by atoms with Gasteiger partial charge in [-0.15, -0.1) is 0 Å². The highest BCUT2D eigenvalue weighted by Crippen LogP contribution is 2.12. The van der Waals surface area contributed by atoms with Gasteiger partial charge in [0.05, 0.1) is 0 Å². The zero-order valence-electron chi connectivity index (χ0n) is 13.8. The van der Waals surface area contributed by atoms with Gasteiger partial charge in [0.15, 0.2) is 5.78 Å². The third-order valence-corrected chi connectivity index (χ3v) is 4.79. The molecule has 0 N–H and O–H groups in total. The summed E-state index contributed by atoms with van der Waals surface area (Å²) in [4.78, 5) is 17.1. The molecule has 2 aromatic rings. The van der Waals surface area contributed by atoms with Crippen LogP contribution in [-0.2, 0) is 6.54 Å². The Bertz CT molecular complexity index is 649. The number of Topliss-reactive ketones (excluding diaryl/α,β-unsaturated/α-hetero) is 1. The van der Waals surface area contributed by atoms with Crippen molar-refractivity contribution in [1.82, 2.24) is 9.80 Å². The van der Waals surface area contributed by atoms with Gasteiger partial charge < -0.3 is 4.90 Å². The number of halogens is 1. The van der Waals surface area contributed by atoms with Gasteiger partial charge in [-0.1, -0.05) is 41.9 Å². The molecule has 2 aromatic carbocycles. The summed E-state index contributed by atoms with van der Waals surface area (Å²) in [6, 6.07) is 17.8. The Balaban J connectivity index is 1.41. The molecule has 0 aromatic heterocycles. The topological polar surface area (TPSA) is 23.6 Å². The predicted molar refractivity (Wildman–Crippen MR) is 98.6 cm³/mol. The second-order valence-corrected chi connectivity index (χ2v) is 6.72. The van der Waals surface area contributed by atoms with Crippen LogP contribution in [0.2, 0.25) is 5.02 Å². The third-order valence-electron chi connectivity index (χ3n) is 4.54. The maximum absolute atomic E-state index is 12.2. The Hall–Kier alpha value is -1.68. The number of piperazine rings is 1. The summed E-state index contributed by atoms with van der Waals surface area (Å²) in [5.41, 5.74) is 2.12. The van der Waals surface area contributed by atoms with Gasteiger partial charge in [-0.05, 0) is 29.8 Å². The maximum atomic E-state index is 12.2. The van der Waals surface area contributed by atoms with Crippen LogP contribution in [0.4, 0.5) is 0 Å². The Morgan fingerprint density at radius 2 is 1.50 bits per heavy atom. The first-order chi connectivity index (χ1) is 11.7. The van der Waals surface area contributed by atoms with Crippen molar-refractivity contribution in [3.8, 4) is 0 Å². The van der Waals surface area contributed by atoms with Gasteiger partial charge in [-0.2, -0.15) is 0 Å². The molecule has 0 bridgehead atoms. The van der Waals surface area contributed by atoms with E-state index in [0.29, 0.717) is 11.4 Å². The molecule has 1 fully saturated rings. The van der Waals surface area contributed by atoms with Crippen LogP contribution in [0.1, 0.15) is 22.3 Å². The molecule has 0 spiro atoms. The number of ketones is 1. The van der Waals surface area contributed by atoms with Gasteiger partial charge >= 0.3 is 0 Å². The fourth-order valence-corrected chi connectivity index (χ4v) is 3.18. The van der Waals surface area contributed by atoms with Crippen molar-refractivity contribution >= 4 is 17.4 Å². The molecular formula is C20H23ClN2O. The molecule has 0 amide bonds. The number of carbonyl (C=O) groups excluding carboxylic acids is 1. The number of nitrogens with zero attached hydrogens (tertiary/aromatic N) is 2. The zero-order chi connectivity index (χ0) is 16.8. The molecule has 126 valence electrons. The van der Waals surface area contributed by atoms with E-state index in [2.05, 4.69) is 40.1 Å². The van der Waals surface area contributed by atoms with Crippen molar-refractivity contribution in [2.24, 2.45) is 0 Å².